The molecule has 0 spiro atoms. The smallest absolute Gasteiger partial charge is 0.217 e. The normalized spacial score (nSPS) is 50.0. The minimum absolute atomic E-state index is 0.632. The Balaban J connectivity index is 1.89. The molecule has 3 rings (SSSR count). The highest BCUT2D eigenvalue weighted by atomic mass is 16.8. The van der Waals surface area contributed by atoms with Crippen molar-refractivity contribution < 1.29 is 74.4 Å². The number of nitrogens with one attached hydrogen (secondary N) is 1. The highest BCUT2D eigenvalue weighted by Crippen LogP contribution is 2.32. The summed E-state index contributed by atoms with van der Waals surface area (Å²) in [4.78, 5) is 11.7. The van der Waals surface area contributed by atoms with E-state index in [0.29, 0.717) is 0 Å². The van der Waals surface area contributed by atoms with Gasteiger partial charge in [-0.25, -0.2) is 0 Å². The predicted molar refractivity (Wildman–Crippen MR) is 111 cm³/mol. The average Bonchev–Trinajstić information content (AvgIpc) is 2.83. The topological polar surface area (TPSA) is 257 Å². The summed E-state index contributed by atoms with van der Waals surface area (Å²) in [6, 6.07) is -1.39. The van der Waals surface area contributed by atoms with Crippen molar-refractivity contribution in [3.63, 3.8) is 0 Å². The summed E-state index contributed by atoms with van der Waals surface area (Å²) in [5, 5.41) is 93.8. The first-order valence-corrected chi connectivity index (χ1v) is 11.4. The number of aliphatic hydroxyl groups is 9. The highest BCUT2D eigenvalue weighted by Gasteiger charge is 2.53. The third kappa shape index (κ3) is 5.97. The van der Waals surface area contributed by atoms with Gasteiger partial charge in [0.2, 0.25) is 5.91 Å². The fourth-order valence-corrected chi connectivity index (χ4v) is 4.38. The summed E-state index contributed by atoms with van der Waals surface area (Å²) in [6.07, 6.45) is -22.2. The van der Waals surface area contributed by atoms with E-state index in [0.717, 1.165) is 6.92 Å². The van der Waals surface area contributed by atoms with Gasteiger partial charge in [0.1, 0.15) is 67.1 Å². The number of hydrogen-bond donors (Lipinski definition) is 10. The third-order valence-corrected chi connectivity index (χ3v) is 6.46. The van der Waals surface area contributed by atoms with Gasteiger partial charge in [0.15, 0.2) is 18.9 Å². The van der Waals surface area contributed by atoms with Gasteiger partial charge in [-0.1, -0.05) is 0 Å². The van der Waals surface area contributed by atoms with Crippen LogP contribution in [0.4, 0.5) is 0 Å². The highest BCUT2D eigenvalue weighted by molar-refractivity contribution is 5.73. The van der Waals surface area contributed by atoms with Crippen LogP contribution in [0.3, 0.4) is 0 Å². The molecule has 16 heteroatoms. The first-order chi connectivity index (χ1) is 16.9. The molecule has 3 fully saturated rings. The Kier molecular flexibility index (Phi) is 9.97. The summed E-state index contributed by atoms with van der Waals surface area (Å²) in [5.74, 6) is -0.632. The van der Waals surface area contributed by atoms with E-state index >= 15 is 0 Å². The molecule has 36 heavy (non-hydrogen) atoms. The van der Waals surface area contributed by atoms with Crippen molar-refractivity contribution in [3.8, 4) is 0 Å². The zero-order chi connectivity index (χ0) is 26.9. The van der Waals surface area contributed by atoms with Gasteiger partial charge in [-0.3, -0.25) is 4.79 Å². The van der Waals surface area contributed by atoms with E-state index in [4.69, 9.17) is 23.7 Å². The van der Waals surface area contributed by atoms with Crippen molar-refractivity contribution in [1.82, 2.24) is 5.32 Å². The molecule has 3 aliphatic heterocycles. The molecule has 0 radical (unpaired) electrons. The molecule has 3 heterocycles. The van der Waals surface area contributed by atoms with Gasteiger partial charge in [0.05, 0.1) is 19.3 Å². The van der Waals surface area contributed by atoms with Crippen molar-refractivity contribution in [1.29, 1.82) is 0 Å². The minimum Gasteiger partial charge on any atom is -0.394 e. The second-order valence-electron chi connectivity index (χ2n) is 9.05. The molecular weight excluding hydrogens is 494 g/mol. The van der Waals surface area contributed by atoms with E-state index in [1.165, 1.54) is 6.92 Å². The standard InChI is InChI=1S/C20H35NO15/c1-5-10(25)13(28)15(30)19(32-5)36-17-14(29)11(26)7(3-22)34-20(17)35-16-9(21-6(2)24)18(31)33-8(4-23)12(16)27/h5,7-20,22-23,25-31H,3-4H2,1-2H3,(H,21,24)/t5-,7+,8+,9+,10+,11-,12+,13+,14-,15-,16+,17+,18+,19-,20-/m0/s1. The van der Waals surface area contributed by atoms with Crippen LogP contribution in [-0.2, 0) is 28.5 Å². The Bertz CT molecular complexity index is 731. The van der Waals surface area contributed by atoms with Crippen molar-refractivity contribution in [2.24, 2.45) is 0 Å². The maximum atomic E-state index is 11.7. The number of carbonyl (C=O) groups is 1. The van der Waals surface area contributed by atoms with E-state index in [9.17, 15) is 50.8 Å². The monoisotopic (exact) mass is 529 g/mol. The van der Waals surface area contributed by atoms with Gasteiger partial charge in [-0.2, -0.15) is 0 Å². The van der Waals surface area contributed by atoms with E-state index in [1.54, 1.807) is 0 Å². The largest absolute Gasteiger partial charge is 0.394 e. The van der Waals surface area contributed by atoms with Crippen LogP contribution in [-0.4, -0.2) is 157 Å². The van der Waals surface area contributed by atoms with Gasteiger partial charge < -0.3 is 75.0 Å². The predicted octanol–water partition coefficient (Wildman–Crippen LogP) is -6.40. The van der Waals surface area contributed by atoms with Crippen LogP contribution in [0.25, 0.3) is 0 Å². The second-order valence-corrected chi connectivity index (χ2v) is 9.05. The zero-order valence-electron chi connectivity index (χ0n) is 19.5. The Morgan fingerprint density at radius 3 is 1.89 bits per heavy atom. The first-order valence-electron chi connectivity index (χ1n) is 11.4. The fraction of sp³-hybridized carbons (Fsp3) is 0.950. The molecule has 1 amide bonds. The minimum atomic E-state index is -1.83. The average molecular weight is 529 g/mol. The van der Waals surface area contributed by atoms with Crippen LogP contribution >= 0.6 is 0 Å². The van der Waals surface area contributed by atoms with Crippen molar-refractivity contribution in [2.75, 3.05) is 13.2 Å². The fourth-order valence-electron chi connectivity index (χ4n) is 4.38. The van der Waals surface area contributed by atoms with Crippen LogP contribution in [0.1, 0.15) is 13.8 Å². The Labute approximate surface area is 205 Å². The molecule has 0 unspecified atom stereocenters. The number of carbonyl (C=O) groups excluding carboxylic acids is 1. The molecule has 210 valence electrons. The number of rotatable bonds is 7. The Morgan fingerprint density at radius 2 is 1.31 bits per heavy atom. The van der Waals surface area contributed by atoms with Gasteiger partial charge in [-0.05, 0) is 6.92 Å². The Morgan fingerprint density at radius 1 is 0.722 bits per heavy atom. The lowest BCUT2D eigenvalue weighted by molar-refractivity contribution is -0.380. The maximum absolute atomic E-state index is 11.7. The quantitative estimate of drug-likeness (QED) is 0.147. The molecule has 3 saturated heterocycles. The molecule has 10 N–H and O–H groups in total. The van der Waals surface area contributed by atoms with Gasteiger partial charge in [-0.15, -0.1) is 0 Å². The number of aliphatic hydroxyl groups excluding tert-OH is 9. The van der Waals surface area contributed by atoms with E-state index in [2.05, 4.69) is 5.32 Å². The van der Waals surface area contributed by atoms with Crippen LogP contribution in [0, 0.1) is 0 Å². The molecule has 0 bridgehead atoms. The zero-order valence-corrected chi connectivity index (χ0v) is 19.5. The van der Waals surface area contributed by atoms with Crippen molar-refractivity contribution >= 4 is 5.91 Å². The van der Waals surface area contributed by atoms with Crippen molar-refractivity contribution in [2.45, 2.75) is 106 Å². The summed E-state index contributed by atoms with van der Waals surface area (Å²) in [5.41, 5.74) is 0. The van der Waals surface area contributed by atoms with Crippen LogP contribution < -0.4 is 5.32 Å². The summed E-state index contributed by atoms with van der Waals surface area (Å²) in [7, 11) is 0. The number of hydrogen-bond acceptors (Lipinski definition) is 15. The lowest BCUT2D eigenvalue weighted by Crippen LogP contribution is -2.68. The van der Waals surface area contributed by atoms with E-state index < -0.39 is 111 Å². The summed E-state index contributed by atoms with van der Waals surface area (Å²) >= 11 is 0. The third-order valence-electron chi connectivity index (χ3n) is 6.46. The van der Waals surface area contributed by atoms with Crippen LogP contribution in [0.15, 0.2) is 0 Å². The summed E-state index contributed by atoms with van der Waals surface area (Å²) < 4.78 is 27.4. The molecule has 0 aromatic carbocycles. The van der Waals surface area contributed by atoms with E-state index in [-0.39, 0.29) is 0 Å². The first kappa shape index (κ1) is 29.5. The number of amides is 1. The van der Waals surface area contributed by atoms with Crippen molar-refractivity contribution in [3.05, 3.63) is 0 Å². The van der Waals surface area contributed by atoms with Gasteiger partial charge >= 0.3 is 0 Å². The maximum Gasteiger partial charge on any atom is 0.217 e. The molecular formula is C20H35NO15. The second kappa shape index (κ2) is 12.2. The molecule has 3 aliphatic rings. The molecule has 0 aliphatic carbocycles. The molecule has 16 nitrogen and oxygen atoms in total. The summed E-state index contributed by atoms with van der Waals surface area (Å²) in [6.45, 7) is 1.00. The molecule has 0 saturated carbocycles. The Hall–Kier alpha value is -1.09. The molecule has 0 aromatic heterocycles. The molecule has 15 atom stereocenters. The van der Waals surface area contributed by atoms with E-state index in [1.807, 2.05) is 0 Å². The lowest BCUT2D eigenvalue weighted by atomic mass is 9.95. The van der Waals surface area contributed by atoms with Gasteiger partial charge in [0.25, 0.3) is 0 Å². The molecule has 0 aromatic rings. The van der Waals surface area contributed by atoms with Gasteiger partial charge in [0, 0.05) is 6.92 Å². The van der Waals surface area contributed by atoms with Crippen LogP contribution in [0.5, 0.6) is 0 Å². The lowest BCUT2D eigenvalue weighted by Gasteiger charge is -2.48. The van der Waals surface area contributed by atoms with Crippen LogP contribution in [0.2, 0.25) is 0 Å². The SMILES string of the molecule is CC(=O)N[C@@H]1[C@@H](O[C@@H]2O[C@H](CO)[C@H](O)[C@H](O)[C@H]2O[C@@H]2O[C@@H](C)[C@@H](O)[C@@H](O)[C@@H]2O)[C@H](O)[C@@H](CO)O[C@H]1O. The number of ether oxygens (including phenoxy) is 5.